The minimum absolute atomic E-state index is 0.0691. The maximum atomic E-state index is 14.0. The van der Waals surface area contributed by atoms with Gasteiger partial charge in [0.15, 0.2) is 12.3 Å². The van der Waals surface area contributed by atoms with Crippen molar-refractivity contribution in [2.24, 2.45) is 22.7 Å². The first-order valence-electron chi connectivity index (χ1n) is 14.4. The lowest BCUT2D eigenvalue weighted by Crippen LogP contribution is -2.58. The molecule has 2 saturated carbocycles. The van der Waals surface area contributed by atoms with Crippen LogP contribution in [0.2, 0.25) is 0 Å². The summed E-state index contributed by atoms with van der Waals surface area (Å²) in [5.74, 6) is -0.533. The van der Waals surface area contributed by atoms with Crippen LogP contribution in [0.15, 0.2) is 34.2 Å². The largest absolute Gasteiger partial charge is 0.476 e. The number of hydrogen-bond donors (Lipinski definition) is 2. The fraction of sp³-hybridized carbons (Fsp3) is 0.621. The van der Waals surface area contributed by atoms with Crippen LogP contribution in [0.25, 0.3) is 11.0 Å². The molecule has 0 spiro atoms. The normalized spacial score (nSPS) is 31.1. The highest BCUT2D eigenvalue weighted by Crippen LogP contribution is 2.47. The maximum Gasteiger partial charge on any atom is 0.360 e. The Morgan fingerprint density at radius 1 is 0.949 bits per heavy atom. The van der Waals surface area contributed by atoms with Crippen LogP contribution in [0.1, 0.15) is 82.4 Å². The first-order valence-corrected chi connectivity index (χ1v) is 14.4. The molecule has 3 heterocycles. The van der Waals surface area contributed by atoms with E-state index in [2.05, 4.69) is 15.0 Å². The van der Waals surface area contributed by atoms with Crippen molar-refractivity contribution in [3.8, 4) is 0 Å². The molecular weight excluding hydrogens is 498 g/mol. The minimum Gasteiger partial charge on any atom is -0.476 e. The number of rotatable bonds is 7. The minimum atomic E-state index is -1.46. The third kappa shape index (κ3) is 5.06. The molecule has 4 fully saturated rings. The van der Waals surface area contributed by atoms with Gasteiger partial charge in [-0.2, -0.15) is 0 Å². The molecule has 10 heteroatoms. The molecule has 2 unspecified atom stereocenters. The van der Waals surface area contributed by atoms with E-state index in [0.29, 0.717) is 29.2 Å². The van der Waals surface area contributed by atoms with E-state index in [9.17, 15) is 19.5 Å². The molecule has 2 aliphatic heterocycles. The van der Waals surface area contributed by atoms with Gasteiger partial charge in [-0.25, -0.2) is 9.78 Å². The van der Waals surface area contributed by atoms with Crippen molar-refractivity contribution in [2.75, 3.05) is 6.61 Å². The smallest absolute Gasteiger partial charge is 0.360 e. The average molecular weight is 536 g/mol. The number of para-hydroxylation sites is 2. The molecule has 6 atom stereocenters. The number of carboxylic acid groups (broad SMARTS) is 1. The summed E-state index contributed by atoms with van der Waals surface area (Å²) in [4.78, 5) is 49.2. The van der Waals surface area contributed by atoms with Crippen molar-refractivity contribution < 1.29 is 19.5 Å². The summed E-state index contributed by atoms with van der Waals surface area (Å²) in [5.41, 5.74) is 4.87. The Balaban J connectivity index is 1.35. The van der Waals surface area contributed by atoms with Crippen molar-refractivity contribution in [2.45, 2.75) is 94.8 Å². The molecule has 4 aliphatic rings. The SMILES string of the molecule is NC(=O)CO/N=C(\C(=O)O)c1nc2ccccc2n(C2C[C@H]3CCC[C@@H](C2)N3C2C[C@H]3CCC[C@@H](C2)C3)c1=O. The second-order valence-corrected chi connectivity index (χ2v) is 11.9. The molecule has 2 saturated heterocycles. The standard InChI is InChI=1S/C29H37N5O5/c30-25(35)16-39-32-27(29(37)38)26-28(36)34(24-10-2-1-9-23(24)31-26)22-14-19-7-4-8-20(15-22)33(19)21-12-17-5-3-6-18(11-17)13-21/h1-2,9-10,17-22H,3-8,11-16H2,(H2,30,35)(H,37,38)/b32-27-/t17-,18+,19-,20+,21?,22?. The summed E-state index contributed by atoms with van der Waals surface area (Å²) in [6, 6.07) is 8.74. The topological polar surface area (TPSA) is 140 Å². The number of nitrogens with two attached hydrogens (primary N) is 1. The highest BCUT2D eigenvalue weighted by Gasteiger charge is 2.45. The van der Waals surface area contributed by atoms with E-state index in [1.165, 1.54) is 44.9 Å². The number of primary amides is 1. The lowest BCUT2D eigenvalue weighted by Gasteiger charge is -2.55. The molecule has 0 radical (unpaired) electrons. The Hall–Kier alpha value is -3.27. The fourth-order valence-corrected chi connectivity index (χ4v) is 8.15. The van der Waals surface area contributed by atoms with Gasteiger partial charge >= 0.3 is 5.97 Å². The van der Waals surface area contributed by atoms with Crippen molar-refractivity contribution in [3.63, 3.8) is 0 Å². The Morgan fingerprint density at radius 2 is 1.62 bits per heavy atom. The number of hydrogen-bond acceptors (Lipinski definition) is 7. The molecule has 1 aromatic carbocycles. The quantitative estimate of drug-likeness (QED) is 0.410. The van der Waals surface area contributed by atoms with Gasteiger partial charge in [0.2, 0.25) is 5.71 Å². The van der Waals surface area contributed by atoms with Gasteiger partial charge in [0.05, 0.1) is 11.0 Å². The molecule has 2 aliphatic carbocycles. The molecule has 4 bridgehead atoms. The van der Waals surface area contributed by atoms with E-state index in [1.54, 1.807) is 10.6 Å². The number of oxime groups is 1. The molecule has 1 aromatic heterocycles. The number of aliphatic carboxylic acids is 1. The molecule has 2 aromatic rings. The van der Waals surface area contributed by atoms with Gasteiger partial charge in [0.1, 0.15) is 0 Å². The predicted molar refractivity (Wildman–Crippen MR) is 145 cm³/mol. The molecule has 6 rings (SSSR count). The Labute approximate surface area is 227 Å². The fourth-order valence-electron chi connectivity index (χ4n) is 8.15. The van der Waals surface area contributed by atoms with E-state index in [1.807, 2.05) is 18.2 Å². The number of benzene rings is 1. The van der Waals surface area contributed by atoms with Crippen molar-refractivity contribution in [1.29, 1.82) is 0 Å². The second kappa shape index (κ2) is 10.7. The van der Waals surface area contributed by atoms with Crippen LogP contribution in [0.3, 0.4) is 0 Å². The molecule has 39 heavy (non-hydrogen) atoms. The summed E-state index contributed by atoms with van der Waals surface area (Å²) < 4.78 is 1.75. The molecule has 3 N–H and O–H groups in total. The van der Waals surface area contributed by atoms with Gasteiger partial charge in [-0.05, 0) is 68.9 Å². The Morgan fingerprint density at radius 3 is 2.28 bits per heavy atom. The van der Waals surface area contributed by atoms with Gasteiger partial charge < -0.3 is 20.2 Å². The molecule has 10 nitrogen and oxygen atoms in total. The number of fused-ring (bicyclic) bond motifs is 5. The van der Waals surface area contributed by atoms with E-state index in [4.69, 9.17) is 10.6 Å². The van der Waals surface area contributed by atoms with Gasteiger partial charge in [-0.1, -0.05) is 43.0 Å². The number of piperidine rings is 2. The number of carboxylic acids is 1. The molecular formula is C29H37N5O5. The first-order chi connectivity index (χ1) is 18.9. The van der Waals surface area contributed by atoms with Gasteiger partial charge in [-0.15, -0.1) is 0 Å². The van der Waals surface area contributed by atoms with Gasteiger partial charge in [-0.3, -0.25) is 14.5 Å². The highest BCUT2D eigenvalue weighted by atomic mass is 16.6. The molecule has 208 valence electrons. The number of carbonyl (C=O) groups excluding carboxylic acids is 1. The van der Waals surface area contributed by atoms with E-state index in [-0.39, 0.29) is 11.7 Å². The van der Waals surface area contributed by atoms with Gasteiger partial charge in [0, 0.05) is 24.2 Å². The molecule has 1 amide bonds. The average Bonchev–Trinajstić information content (AvgIpc) is 2.90. The zero-order chi connectivity index (χ0) is 27.1. The summed E-state index contributed by atoms with van der Waals surface area (Å²) in [7, 11) is 0. The van der Waals surface area contributed by atoms with E-state index in [0.717, 1.165) is 37.5 Å². The van der Waals surface area contributed by atoms with Crippen LogP contribution in [0.5, 0.6) is 0 Å². The van der Waals surface area contributed by atoms with Crippen LogP contribution >= 0.6 is 0 Å². The predicted octanol–water partition coefficient (Wildman–Crippen LogP) is 3.21. The summed E-state index contributed by atoms with van der Waals surface area (Å²) in [6.45, 7) is -0.594. The second-order valence-electron chi connectivity index (χ2n) is 11.9. The Kier molecular flexibility index (Phi) is 7.14. The highest BCUT2D eigenvalue weighted by molar-refractivity contribution is 6.41. The van der Waals surface area contributed by atoms with Crippen molar-refractivity contribution in [1.82, 2.24) is 14.5 Å². The maximum absolute atomic E-state index is 14.0. The number of nitrogens with zero attached hydrogens (tertiary/aromatic N) is 4. The van der Waals surface area contributed by atoms with Crippen LogP contribution in [0, 0.1) is 11.8 Å². The summed E-state index contributed by atoms with van der Waals surface area (Å²) >= 11 is 0. The lowest BCUT2D eigenvalue weighted by molar-refractivity contribution is -0.130. The number of amides is 1. The van der Waals surface area contributed by atoms with Crippen LogP contribution in [-0.4, -0.2) is 61.9 Å². The first kappa shape index (κ1) is 26.0. The monoisotopic (exact) mass is 535 g/mol. The van der Waals surface area contributed by atoms with Crippen LogP contribution in [-0.2, 0) is 14.4 Å². The zero-order valence-electron chi connectivity index (χ0n) is 22.2. The summed E-state index contributed by atoms with van der Waals surface area (Å²) in [6.07, 6.45) is 13.3. The van der Waals surface area contributed by atoms with E-state index >= 15 is 0 Å². The Bertz CT molecular complexity index is 1330. The van der Waals surface area contributed by atoms with Crippen LogP contribution in [0.4, 0.5) is 0 Å². The summed E-state index contributed by atoms with van der Waals surface area (Å²) in [5, 5.41) is 13.4. The van der Waals surface area contributed by atoms with Crippen molar-refractivity contribution >= 4 is 28.6 Å². The number of aromatic nitrogens is 2. The lowest BCUT2D eigenvalue weighted by atomic mass is 9.68. The number of carbonyl (C=O) groups is 2. The van der Waals surface area contributed by atoms with Crippen molar-refractivity contribution in [3.05, 3.63) is 40.3 Å². The zero-order valence-corrected chi connectivity index (χ0v) is 22.2. The van der Waals surface area contributed by atoms with Crippen LogP contribution < -0.4 is 11.3 Å². The third-order valence-corrected chi connectivity index (χ3v) is 9.48. The third-order valence-electron chi connectivity index (χ3n) is 9.48. The van der Waals surface area contributed by atoms with E-state index < -0.39 is 29.8 Å². The van der Waals surface area contributed by atoms with Gasteiger partial charge in [0.25, 0.3) is 11.5 Å².